The highest BCUT2D eigenvalue weighted by Gasteiger charge is 2.27. The van der Waals surface area contributed by atoms with Crippen molar-refractivity contribution in [2.45, 2.75) is 65.2 Å². The highest BCUT2D eigenvalue weighted by Crippen LogP contribution is 2.42. The van der Waals surface area contributed by atoms with Gasteiger partial charge in [-0.1, -0.05) is 52.0 Å². The van der Waals surface area contributed by atoms with Crippen molar-refractivity contribution in [2.24, 2.45) is 5.41 Å². The highest BCUT2D eigenvalue weighted by molar-refractivity contribution is 5.28. The Labute approximate surface area is 106 Å². The predicted molar refractivity (Wildman–Crippen MR) is 75.5 cm³/mol. The maximum Gasteiger partial charge on any atom is -0.0161 e. The zero-order valence-corrected chi connectivity index (χ0v) is 11.8. The van der Waals surface area contributed by atoms with Gasteiger partial charge < -0.3 is 0 Å². The lowest BCUT2D eigenvalue weighted by molar-refractivity contribution is 0.224. The number of hydrogen-bond acceptors (Lipinski definition) is 0. The van der Waals surface area contributed by atoms with Gasteiger partial charge in [0.25, 0.3) is 0 Å². The van der Waals surface area contributed by atoms with E-state index in [2.05, 4.69) is 52.0 Å². The first-order valence-corrected chi connectivity index (χ1v) is 7.08. The maximum atomic E-state index is 2.44. The number of benzene rings is 1. The van der Waals surface area contributed by atoms with E-state index in [0.717, 1.165) is 5.92 Å². The van der Waals surface area contributed by atoms with Crippen LogP contribution in [0, 0.1) is 5.41 Å². The molecule has 1 saturated carbocycles. The Bertz CT molecular complexity index is 363. The van der Waals surface area contributed by atoms with E-state index in [-0.39, 0.29) is 0 Å². The molecular formula is C17H26. The van der Waals surface area contributed by atoms with Gasteiger partial charge in [0.2, 0.25) is 0 Å². The van der Waals surface area contributed by atoms with Crippen molar-refractivity contribution in [1.29, 1.82) is 0 Å². The summed E-state index contributed by atoms with van der Waals surface area (Å²) in [5.74, 6) is 1.46. The molecule has 1 fully saturated rings. The first kappa shape index (κ1) is 12.7. The van der Waals surface area contributed by atoms with Crippen molar-refractivity contribution in [3.05, 3.63) is 35.4 Å². The predicted octanol–water partition coefficient (Wildman–Crippen LogP) is 5.49. The molecule has 0 aliphatic heterocycles. The van der Waals surface area contributed by atoms with Crippen LogP contribution in [0.1, 0.15) is 76.3 Å². The van der Waals surface area contributed by atoms with Crippen molar-refractivity contribution in [3.8, 4) is 0 Å². The third-order valence-corrected chi connectivity index (χ3v) is 4.39. The molecule has 1 aliphatic rings. The molecule has 0 heterocycles. The first-order chi connectivity index (χ1) is 7.98. The molecule has 0 bridgehead atoms. The molecule has 0 spiro atoms. The van der Waals surface area contributed by atoms with Crippen molar-refractivity contribution in [1.82, 2.24) is 0 Å². The Morgan fingerprint density at radius 2 is 1.76 bits per heavy atom. The molecule has 94 valence electrons. The summed E-state index contributed by atoms with van der Waals surface area (Å²) in [6, 6.07) is 9.27. The smallest absolute Gasteiger partial charge is 0.0161 e. The van der Waals surface area contributed by atoms with Gasteiger partial charge in [-0.05, 0) is 54.1 Å². The molecule has 17 heavy (non-hydrogen) atoms. The SMILES string of the molecule is CC(C)c1cccc(C2CCC(C)(C)CC2)c1. The van der Waals surface area contributed by atoms with Crippen molar-refractivity contribution in [2.75, 3.05) is 0 Å². The van der Waals surface area contributed by atoms with Crippen LogP contribution in [0.3, 0.4) is 0 Å². The van der Waals surface area contributed by atoms with Crippen LogP contribution in [-0.2, 0) is 0 Å². The van der Waals surface area contributed by atoms with Crippen molar-refractivity contribution >= 4 is 0 Å². The van der Waals surface area contributed by atoms with Gasteiger partial charge in [-0.2, -0.15) is 0 Å². The second-order valence-electron chi connectivity index (χ2n) is 6.76. The summed E-state index contributed by atoms with van der Waals surface area (Å²) in [6.45, 7) is 9.38. The van der Waals surface area contributed by atoms with Crippen molar-refractivity contribution in [3.63, 3.8) is 0 Å². The lowest BCUT2D eigenvalue weighted by Crippen LogP contribution is -2.20. The monoisotopic (exact) mass is 230 g/mol. The minimum absolute atomic E-state index is 0.576. The quantitative estimate of drug-likeness (QED) is 0.630. The molecule has 0 radical (unpaired) electrons. The minimum atomic E-state index is 0.576. The van der Waals surface area contributed by atoms with E-state index in [1.165, 1.54) is 31.2 Å². The fraction of sp³-hybridized carbons (Fsp3) is 0.647. The van der Waals surface area contributed by atoms with Crippen molar-refractivity contribution < 1.29 is 0 Å². The summed E-state index contributed by atoms with van der Waals surface area (Å²) < 4.78 is 0. The summed E-state index contributed by atoms with van der Waals surface area (Å²) in [7, 11) is 0. The number of rotatable bonds is 2. The molecule has 2 rings (SSSR count). The molecule has 0 unspecified atom stereocenters. The molecule has 0 atom stereocenters. The maximum absolute atomic E-state index is 2.44. The molecule has 1 aliphatic carbocycles. The largest absolute Gasteiger partial charge is 0.0617 e. The molecule has 0 nitrogen and oxygen atoms in total. The van der Waals surface area contributed by atoms with E-state index < -0.39 is 0 Å². The molecule has 1 aromatic carbocycles. The second kappa shape index (κ2) is 4.84. The van der Waals surface area contributed by atoms with Crippen LogP contribution < -0.4 is 0 Å². The van der Waals surface area contributed by atoms with Crippen LogP contribution in [0.25, 0.3) is 0 Å². The molecule has 0 saturated heterocycles. The fourth-order valence-corrected chi connectivity index (χ4v) is 2.90. The summed E-state index contributed by atoms with van der Waals surface area (Å²) in [5.41, 5.74) is 3.64. The first-order valence-electron chi connectivity index (χ1n) is 7.08. The molecular weight excluding hydrogens is 204 g/mol. The van der Waals surface area contributed by atoms with Gasteiger partial charge in [0.05, 0.1) is 0 Å². The van der Waals surface area contributed by atoms with Crippen LogP contribution in [0.15, 0.2) is 24.3 Å². The molecule has 0 heteroatoms. The second-order valence-corrected chi connectivity index (χ2v) is 6.76. The molecule has 0 N–H and O–H groups in total. The Morgan fingerprint density at radius 1 is 1.12 bits per heavy atom. The third-order valence-electron chi connectivity index (χ3n) is 4.39. The zero-order chi connectivity index (χ0) is 12.5. The van der Waals surface area contributed by atoms with Gasteiger partial charge in [0.1, 0.15) is 0 Å². The molecule has 0 amide bonds. The van der Waals surface area contributed by atoms with Gasteiger partial charge in [0, 0.05) is 0 Å². The summed E-state index contributed by atoms with van der Waals surface area (Å²) in [4.78, 5) is 0. The van der Waals surface area contributed by atoms with Gasteiger partial charge >= 0.3 is 0 Å². The lowest BCUT2D eigenvalue weighted by atomic mass is 9.71. The Hall–Kier alpha value is -0.780. The van der Waals surface area contributed by atoms with E-state index >= 15 is 0 Å². The van der Waals surface area contributed by atoms with E-state index in [9.17, 15) is 0 Å². The number of hydrogen-bond donors (Lipinski definition) is 0. The summed E-state index contributed by atoms with van der Waals surface area (Å²) >= 11 is 0. The van der Waals surface area contributed by atoms with Crippen LogP contribution in [0.2, 0.25) is 0 Å². The average Bonchev–Trinajstić information content (AvgIpc) is 2.29. The Balaban J connectivity index is 2.10. The van der Waals surface area contributed by atoms with Gasteiger partial charge in [-0.15, -0.1) is 0 Å². The van der Waals surface area contributed by atoms with E-state index in [1.54, 1.807) is 5.56 Å². The van der Waals surface area contributed by atoms with Crippen LogP contribution in [0.4, 0.5) is 0 Å². The van der Waals surface area contributed by atoms with E-state index in [4.69, 9.17) is 0 Å². The standard InChI is InChI=1S/C17H26/c1-13(2)15-6-5-7-16(12-15)14-8-10-17(3,4)11-9-14/h5-7,12-14H,8-11H2,1-4H3. The Morgan fingerprint density at radius 3 is 2.35 bits per heavy atom. The highest BCUT2D eigenvalue weighted by atomic mass is 14.3. The average molecular weight is 230 g/mol. The van der Waals surface area contributed by atoms with Crippen LogP contribution >= 0.6 is 0 Å². The van der Waals surface area contributed by atoms with Crippen LogP contribution in [0.5, 0.6) is 0 Å². The molecule has 1 aromatic rings. The zero-order valence-electron chi connectivity index (χ0n) is 11.8. The topological polar surface area (TPSA) is 0 Å². The normalized spacial score (nSPS) is 20.8. The van der Waals surface area contributed by atoms with E-state index in [0.29, 0.717) is 11.3 Å². The van der Waals surface area contributed by atoms with Gasteiger partial charge in [0.15, 0.2) is 0 Å². The Kier molecular flexibility index (Phi) is 3.61. The van der Waals surface area contributed by atoms with Crippen LogP contribution in [-0.4, -0.2) is 0 Å². The van der Waals surface area contributed by atoms with Gasteiger partial charge in [-0.3, -0.25) is 0 Å². The third kappa shape index (κ3) is 3.12. The fourth-order valence-electron chi connectivity index (χ4n) is 2.90. The summed E-state index contributed by atoms with van der Waals surface area (Å²) in [5, 5.41) is 0. The molecule has 0 aromatic heterocycles. The van der Waals surface area contributed by atoms with E-state index in [1.807, 2.05) is 0 Å². The minimum Gasteiger partial charge on any atom is -0.0617 e. The summed E-state index contributed by atoms with van der Waals surface area (Å²) in [6.07, 6.45) is 5.50. The lowest BCUT2D eigenvalue weighted by Gasteiger charge is -2.34. The van der Waals surface area contributed by atoms with Gasteiger partial charge in [-0.25, -0.2) is 0 Å².